The SMILES string of the molecule is CC1(c2ccc(CO)o2)OC=CO1. The molecule has 1 aromatic rings. The average Bonchev–Trinajstić information content (AvgIpc) is 2.72. The molecule has 70 valence electrons. The molecular weight excluding hydrogens is 172 g/mol. The van der Waals surface area contributed by atoms with Crippen molar-refractivity contribution in [3.8, 4) is 0 Å². The van der Waals surface area contributed by atoms with Crippen LogP contribution in [0.1, 0.15) is 18.4 Å². The summed E-state index contributed by atoms with van der Waals surface area (Å²) < 4.78 is 15.7. The highest BCUT2D eigenvalue weighted by Crippen LogP contribution is 2.32. The Morgan fingerprint density at radius 2 is 2.00 bits per heavy atom. The van der Waals surface area contributed by atoms with Crippen molar-refractivity contribution < 1.29 is 19.0 Å². The monoisotopic (exact) mass is 182 g/mol. The molecule has 0 amide bonds. The van der Waals surface area contributed by atoms with Gasteiger partial charge in [-0.05, 0) is 12.1 Å². The molecule has 1 N–H and O–H groups in total. The van der Waals surface area contributed by atoms with Crippen LogP contribution in [0.15, 0.2) is 29.1 Å². The molecule has 1 aliphatic heterocycles. The lowest BCUT2D eigenvalue weighted by Crippen LogP contribution is -2.21. The van der Waals surface area contributed by atoms with Gasteiger partial charge in [-0.2, -0.15) is 0 Å². The van der Waals surface area contributed by atoms with Gasteiger partial charge in [-0.15, -0.1) is 0 Å². The zero-order chi connectivity index (χ0) is 9.31. The second-order valence-corrected chi connectivity index (χ2v) is 2.88. The second kappa shape index (κ2) is 2.81. The fraction of sp³-hybridized carbons (Fsp3) is 0.333. The molecule has 13 heavy (non-hydrogen) atoms. The summed E-state index contributed by atoms with van der Waals surface area (Å²) in [7, 11) is 0. The van der Waals surface area contributed by atoms with Crippen molar-refractivity contribution in [3.63, 3.8) is 0 Å². The van der Waals surface area contributed by atoms with Crippen molar-refractivity contribution in [1.82, 2.24) is 0 Å². The standard InChI is InChI=1S/C9H10O4/c1-9(11-4-5-12-9)8-3-2-7(6-10)13-8/h2-5,10H,6H2,1H3. The Balaban J connectivity index is 2.24. The fourth-order valence-electron chi connectivity index (χ4n) is 1.17. The zero-order valence-electron chi connectivity index (χ0n) is 7.19. The molecule has 1 aliphatic rings. The quantitative estimate of drug-likeness (QED) is 0.752. The number of rotatable bonds is 2. The fourth-order valence-corrected chi connectivity index (χ4v) is 1.17. The highest BCUT2D eigenvalue weighted by atomic mass is 16.7. The van der Waals surface area contributed by atoms with E-state index in [2.05, 4.69) is 0 Å². The Morgan fingerprint density at radius 1 is 1.31 bits per heavy atom. The highest BCUT2D eigenvalue weighted by molar-refractivity contribution is 5.12. The van der Waals surface area contributed by atoms with E-state index in [4.69, 9.17) is 19.0 Å². The zero-order valence-corrected chi connectivity index (χ0v) is 7.19. The van der Waals surface area contributed by atoms with E-state index >= 15 is 0 Å². The Kier molecular flexibility index (Phi) is 1.77. The van der Waals surface area contributed by atoms with Crippen molar-refractivity contribution in [2.45, 2.75) is 19.3 Å². The van der Waals surface area contributed by atoms with E-state index in [9.17, 15) is 0 Å². The summed E-state index contributed by atoms with van der Waals surface area (Å²) in [4.78, 5) is 0. The Morgan fingerprint density at radius 3 is 2.54 bits per heavy atom. The average molecular weight is 182 g/mol. The molecule has 0 radical (unpaired) electrons. The van der Waals surface area contributed by atoms with Crippen LogP contribution in [0.3, 0.4) is 0 Å². The van der Waals surface area contributed by atoms with Gasteiger partial charge in [-0.1, -0.05) is 0 Å². The molecule has 4 nitrogen and oxygen atoms in total. The summed E-state index contributed by atoms with van der Waals surface area (Å²) in [6, 6.07) is 3.41. The minimum atomic E-state index is -0.882. The van der Waals surface area contributed by atoms with Gasteiger partial charge in [0.05, 0.1) is 0 Å². The van der Waals surface area contributed by atoms with Crippen LogP contribution in [0, 0.1) is 0 Å². The van der Waals surface area contributed by atoms with Crippen molar-refractivity contribution in [2.75, 3.05) is 0 Å². The molecule has 0 saturated heterocycles. The molecule has 0 bridgehead atoms. The Bertz CT molecular complexity index is 318. The van der Waals surface area contributed by atoms with Gasteiger partial charge in [0, 0.05) is 6.92 Å². The molecular formula is C9H10O4. The summed E-state index contributed by atoms with van der Waals surface area (Å²) in [6.45, 7) is 1.62. The van der Waals surface area contributed by atoms with Crippen molar-refractivity contribution in [3.05, 3.63) is 36.2 Å². The van der Waals surface area contributed by atoms with Crippen molar-refractivity contribution >= 4 is 0 Å². The Labute approximate surface area is 75.4 Å². The molecule has 0 fully saturated rings. The maximum Gasteiger partial charge on any atom is 0.306 e. The van der Waals surface area contributed by atoms with E-state index in [1.54, 1.807) is 19.1 Å². The molecule has 0 saturated carbocycles. The van der Waals surface area contributed by atoms with E-state index in [0.29, 0.717) is 11.5 Å². The lowest BCUT2D eigenvalue weighted by Gasteiger charge is -2.19. The molecule has 0 aromatic carbocycles. The summed E-state index contributed by atoms with van der Waals surface area (Å²) in [6.07, 6.45) is 2.92. The number of aliphatic hydroxyl groups excluding tert-OH is 1. The summed E-state index contributed by atoms with van der Waals surface area (Å²) >= 11 is 0. The van der Waals surface area contributed by atoms with Gasteiger partial charge >= 0.3 is 5.79 Å². The van der Waals surface area contributed by atoms with Crippen LogP contribution in [0.2, 0.25) is 0 Å². The second-order valence-electron chi connectivity index (χ2n) is 2.88. The van der Waals surface area contributed by atoms with Crippen LogP contribution in [-0.2, 0) is 21.9 Å². The Hall–Kier alpha value is -1.42. The summed E-state index contributed by atoms with van der Waals surface area (Å²) in [5.41, 5.74) is 0. The van der Waals surface area contributed by atoms with Gasteiger partial charge in [-0.25, -0.2) is 0 Å². The van der Waals surface area contributed by atoms with Crippen molar-refractivity contribution in [1.29, 1.82) is 0 Å². The van der Waals surface area contributed by atoms with Crippen LogP contribution in [-0.4, -0.2) is 5.11 Å². The molecule has 2 rings (SSSR count). The predicted octanol–water partition coefficient (Wildman–Crippen LogP) is 1.46. The lowest BCUT2D eigenvalue weighted by atomic mass is 10.2. The van der Waals surface area contributed by atoms with Gasteiger partial charge in [0.1, 0.15) is 24.9 Å². The minimum absolute atomic E-state index is 0.122. The highest BCUT2D eigenvalue weighted by Gasteiger charge is 2.35. The number of hydrogen-bond donors (Lipinski definition) is 1. The first-order valence-corrected chi connectivity index (χ1v) is 3.95. The van der Waals surface area contributed by atoms with E-state index < -0.39 is 5.79 Å². The molecule has 2 heterocycles. The molecule has 0 aliphatic carbocycles. The number of ether oxygens (including phenoxy) is 2. The van der Waals surface area contributed by atoms with Gasteiger partial charge in [0.15, 0.2) is 5.76 Å². The smallest absolute Gasteiger partial charge is 0.306 e. The maximum absolute atomic E-state index is 8.79. The predicted molar refractivity (Wildman–Crippen MR) is 43.3 cm³/mol. The van der Waals surface area contributed by atoms with E-state index in [1.807, 2.05) is 0 Å². The molecule has 4 heteroatoms. The minimum Gasteiger partial charge on any atom is -0.455 e. The third-order valence-corrected chi connectivity index (χ3v) is 1.91. The molecule has 1 aromatic heterocycles. The van der Waals surface area contributed by atoms with Gasteiger partial charge in [0.25, 0.3) is 0 Å². The maximum atomic E-state index is 8.79. The third kappa shape index (κ3) is 1.29. The van der Waals surface area contributed by atoms with Gasteiger partial charge in [0.2, 0.25) is 0 Å². The number of aliphatic hydroxyl groups is 1. The number of furan rings is 1. The van der Waals surface area contributed by atoms with Crippen LogP contribution in [0.4, 0.5) is 0 Å². The number of hydrogen-bond acceptors (Lipinski definition) is 4. The molecule has 0 spiro atoms. The normalized spacial score (nSPS) is 18.3. The topological polar surface area (TPSA) is 51.8 Å². The third-order valence-electron chi connectivity index (χ3n) is 1.91. The van der Waals surface area contributed by atoms with Gasteiger partial charge in [-0.3, -0.25) is 0 Å². The van der Waals surface area contributed by atoms with Crippen LogP contribution in [0.25, 0.3) is 0 Å². The van der Waals surface area contributed by atoms with E-state index in [0.717, 1.165) is 0 Å². The lowest BCUT2D eigenvalue weighted by molar-refractivity contribution is -0.147. The molecule has 0 atom stereocenters. The van der Waals surface area contributed by atoms with Crippen LogP contribution in [0.5, 0.6) is 0 Å². The summed E-state index contributed by atoms with van der Waals surface area (Å²) in [5, 5.41) is 8.79. The van der Waals surface area contributed by atoms with Crippen LogP contribution >= 0.6 is 0 Å². The van der Waals surface area contributed by atoms with Crippen LogP contribution < -0.4 is 0 Å². The first kappa shape index (κ1) is 8.19. The summed E-state index contributed by atoms with van der Waals surface area (Å²) in [5.74, 6) is 0.157. The van der Waals surface area contributed by atoms with E-state index in [1.165, 1.54) is 12.5 Å². The first-order valence-electron chi connectivity index (χ1n) is 3.95. The van der Waals surface area contributed by atoms with Gasteiger partial charge < -0.3 is 19.0 Å². The molecule has 0 unspecified atom stereocenters. The largest absolute Gasteiger partial charge is 0.455 e. The van der Waals surface area contributed by atoms with E-state index in [-0.39, 0.29) is 6.61 Å². The van der Waals surface area contributed by atoms with Crippen molar-refractivity contribution in [2.24, 2.45) is 0 Å². The first-order chi connectivity index (χ1) is 6.24.